The molecule has 0 aliphatic heterocycles. The normalized spacial score (nSPS) is 14.9. The summed E-state index contributed by atoms with van der Waals surface area (Å²) in [5.41, 5.74) is 0. The highest BCUT2D eigenvalue weighted by molar-refractivity contribution is 6.30. The Balaban J connectivity index is 2.56. The van der Waals surface area contributed by atoms with Crippen LogP contribution in [-0.4, -0.2) is 21.4 Å². The Labute approximate surface area is 93.9 Å². The minimum absolute atomic E-state index is 0.0780. The summed E-state index contributed by atoms with van der Waals surface area (Å²) in [7, 11) is 0. The third kappa shape index (κ3) is 3.31. The molecule has 0 saturated carbocycles. The molecular weight excluding hydrogens is 221 g/mol. The largest absolute Gasteiger partial charge is 0.350 e. The molecule has 14 heavy (non-hydrogen) atoms. The molecular formula is C9H13Cl2N3. The topological polar surface area (TPSA) is 37.8 Å². The SMILES string of the molecule is CCC(Cl)C(C)Nc1ncc(Cl)cn1. The van der Waals surface area contributed by atoms with Crippen LogP contribution in [0.2, 0.25) is 5.02 Å². The van der Waals surface area contributed by atoms with Gasteiger partial charge in [0.05, 0.1) is 22.8 Å². The first-order valence-electron chi connectivity index (χ1n) is 4.51. The van der Waals surface area contributed by atoms with Gasteiger partial charge in [0.15, 0.2) is 0 Å². The van der Waals surface area contributed by atoms with Crippen molar-refractivity contribution < 1.29 is 0 Å². The fourth-order valence-electron chi connectivity index (χ4n) is 1.03. The highest BCUT2D eigenvalue weighted by Gasteiger charge is 2.12. The summed E-state index contributed by atoms with van der Waals surface area (Å²) in [5.74, 6) is 0.556. The fourth-order valence-corrected chi connectivity index (χ4v) is 1.20. The maximum Gasteiger partial charge on any atom is 0.222 e. The number of nitrogens with zero attached hydrogens (tertiary/aromatic N) is 2. The molecule has 0 spiro atoms. The van der Waals surface area contributed by atoms with Crippen molar-refractivity contribution in [1.29, 1.82) is 0 Å². The molecule has 0 aliphatic rings. The number of hydrogen-bond donors (Lipinski definition) is 1. The zero-order chi connectivity index (χ0) is 10.6. The maximum absolute atomic E-state index is 6.05. The first kappa shape index (κ1) is 11.5. The van der Waals surface area contributed by atoms with E-state index in [1.54, 1.807) is 12.4 Å². The summed E-state index contributed by atoms with van der Waals surface area (Å²) in [6.45, 7) is 4.04. The summed E-state index contributed by atoms with van der Waals surface area (Å²) in [5, 5.41) is 3.71. The summed E-state index contributed by atoms with van der Waals surface area (Å²) < 4.78 is 0. The van der Waals surface area contributed by atoms with E-state index in [9.17, 15) is 0 Å². The van der Waals surface area contributed by atoms with Crippen LogP contribution in [0.3, 0.4) is 0 Å². The number of halogens is 2. The molecule has 1 heterocycles. The van der Waals surface area contributed by atoms with Crippen molar-refractivity contribution in [3.05, 3.63) is 17.4 Å². The molecule has 3 nitrogen and oxygen atoms in total. The van der Waals surface area contributed by atoms with Crippen LogP contribution in [0.4, 0.5) is 5.95 Å². The Hall–Kier alpha value is -0.540. The highest BCUT2D eigenvalue weighted by Crippen LogP contribution is 2.12. The smallest absolute Gasteiger partial charge is 0.222 e. The van der Waals surface area contributed by atoms with E-state index >= 15 is 0 Å². The van der Waals surface area contributed by atoms with Gasteiger partial charge in [-0.05, 0) is 13.3 Å². The van der Waals surface area contributed by atoms with E-state index in [0.717, 1.165) is 6.42 Å². The predicted molar refractivity (Wildman–Crippen MR) is 60.1 cm³/mol. The average molecular weight is 234 g/mol. The molecule has 1 rings (SSSR count). The van der Waals surface area contributed by atoms with Gasteiger partial charge < -0.3 is 5.32 Å². The third-order valence-electron chi connectivity index (χ3n) is 1.91. The lowest BCUT2D eigenvalue weighted by molar-refractivity contribution is 0.693. The van der Waals surface area contributed by atoms with Crippen LogP contribution in [0.1, 0.15) is 20.3 Å². The first-order chi connectivity index (χ1) is 6.63. The summed E-state index contributed by atoms with van der Waals surface area (Å²) in [4.78, 5) is 8.04. The van der Waals surface area contributed by atoms with Gasteiger partial charge in [0.2, 0.25) is 5.95 Å². The lowest BCUT2D eigenvalue weighted by Crippen LogP contribution is -2.26. The molecule has 2 atom stereocenters. The van der Waals surface area contributed by atoms with E-state index in [-0.39, 0.29) is 11.4 Å². The number of rotatable bonds is 4. The minimum Gasteiger partial charge on any atom is -0.350 e. The molecule has 1 aromatic heterocycles. The van der Waals surface area contributed by atoms with Crippen LogP contribution in [0.5, 0.6) is 0 Å². The molecule has 0 fully saturated rings. The summed E-state index contributed by atoms with van der Waals surface area (Å²) in [6.07, 6.45) is 4.01. The monoisotopic (exact) mass is 233 g/mol. The first-order valence-corrected chi connectivity index (χ1v) is 5.33. The molecule has 0 radical (unpaired) electrons. The second-order valence-corrected chi connectivity index (χ2v) is 4.08. The Morgan fingerprint density at radius 3 is 2.50 bits per heavy atom. The van der Waals surface area contributed by atoms with Crippen molar-refractivity contribution in [1.82, 2.24) is 9.97 Å². The highest BCUT2D eigenvalue weighted by atomic mass is 35.5. The number of anilines is 1. The molecule has 0 saturated heterocycles. The Morgan fingerprint density at radius 1 is 1.43 bits per heavy atom. The molecule has 2 unspecified atom stereocenters. The number of alkyl halides is 1. The number of hydrogen-bond acceptors (Lipinski definition) is 3. The van der Waals surface area contributed by atoms with Crippen molar-refractivity contribution in [2.75, 3.05) is 5.32 Å². The zero-order valence-electron chi connectivity index (χ0n) is 8.17. The minimum atomic E-state index is 0.0780. The number of nitrogens with one attached hydrogen (secondary N) is 1. The van der Waals surface area contributed by atoms with Crippen molar-refractivity contribution in [2.24, 2.45) is 0 Å². The standard InChI is InChI=1S/C9H13Cl2N3/c1-3-8(11)6(2)14-9-12-4-7(10)5-13-9/h4-6,8H,3H2,1-2H3,(H,12,13,14). The Kier molecular flexibility index (Phi) is 4.42. The van der Waals surface area contributed by atoms with Gasteiger partial charge in [-0.2, -0.15) is 0 Å². The van der Waals surface area contributed by atoms with Gasteiger partial charge in [0.25, 0.3) is 0 Å². The van der Waals surface area contributed by atoms with Crippen LogP contribution < -0.4 is 5.32 Å². The van der Waals surface area contributed by atoms with Crippen LogP contribution in [0, 0.1) is 0 Å². The van der Waals surface area contributed by atoms with Crippen LogP contribution in [0.25, 0.3) is 0 Å². The second-order valence-electron chi connectivity index (χ2n) is 3.08. The third-order valence-corrected chi connectivity index (χ3v) is 2.79. The van der Waals surface area contributed by atoms with Crippen LogP contribution >= 0.6 is 23.2 Å². The van der Waals surface area contributed by atoms with Gasteiger partial charge in [0, 0.05) is 6.04 Å². The Bertz CT molecular complexity index is 276. The van der Waals surface area contributed by atoms with Gasteiger partial charge in [-0.3, -0.25) is 0 Å². The van der Waals surface area contributed by atoms with E-state index in [1.165, 1.54) is 0 Å². The lowest BCUT2D eigenvalue weighted by atomic mass is 10.2. The zero-order valence-corrected chi connectivity index (χ0v) is 9.68. The lowest BCUT2D eigenvalue weighted by Gasteiger charge is -2.17. The van der Waals surface area contributed by atoms with E-state index in [1.807, 2.05) is 13.8 Å². The van der Waals surface area contributed by atoms with Crippen molar-refractivity contribution in [3.63, 3.8) is 0 Å². The molecule has 1 N–H and O–H groups in total. The van der Waals surface area contributed by atoms with Crippen LogP contribution in [0.15, 0.2) is 12.4 Å². The molecule has 0 aromatic carbocycles. The molecule has 0 amide bonds. The predicted octanol–water partition coefficient (Wildman–Crippen LogP) is 2.95. The van der Waals surface area contributed by atoms with Gasteiger partial charge in [-0.1, -0.05) is 18.5 Å². The van der Waals surface area contributed by atoms with Crippen LogP contribution in [-0.2, 0) is 0 Å². The van der Waals surface area contributed by atoms with Gasteiger partial charge >= 0.3 is 0 Å². The molecule has 5 heteroatoms. The summed E-state index contributed by atoms with van der Waals surface area (Å²) in [6, 6.07) is 0.142. The second kappa shape index (κ2) is 5.37. The van der Waals surface area contributed by atoms with Crippen molar-refractivity contribution >= 4 is 29.2 Å². The molecule has 0 aliphatic carbocycles. The summed E-state index contributed by atoms with van der Waals surface area (Å²) >= 11 is 11.7. The molecule has 78 valence electrons. The van der Waals surface area contributed by atoms with Gasteiger partial charge in [-0.25, -0.2) is 9.97 Å². The van der Waals surface area contributed by atoms with E-state index < -0.39 is 0 Å². The van der Waals surface area contributed by atoms with Crippen molar-refractivity contribution in [3.8, 4) is 0 Å². The number of aromatic nitrogens is 2. The van der Waals surface area contributed by atoms with E-state index in [4.69, 9.17) is 23.2 Å². The van der Waals surface area contributed by atoms with Gasteiger partial charge in [-0.15, -0.1) is 11.6 Å². The van der Waals surface area contributed by atoms with Crippen molar-refractivity contribution in [2.45, 2.75) is 31.7 Å². The quantitative estimate of drug-likeness (QED) is 0.814. The molecule has 0 bridgehead atoms. The maximum atomic E-state index is 6.05. The molecule has 1 aromatic rings. The van der Waals surface area contributed by atoms with E-state index in [2.05, 4.69) is 15.3 Å². The average Bonchev–Trinajstić information content (AvgIpc) is 2.20. The fraction of sp³-hybridized carbons (Fsp3) is 0.556. The van der Waals surface area contributed by atoms with Gasteiger partial charge in [0.1, 0.15) is 0 Å². The van der Waals surface area contributed by atoms with E-state index in [0.29, 0.717) is 11.0 Å². The Morgan fingerprint density at radius 2 is 2.00 bits per heavy atom.